The van der Waals surface area contributed by atoms with Gasteiger partial charge >= 0.3 is 5.97 Å². The van der Waals surface area contributed by atoms with Crippen LogP contribution in [0.1, 0.15) is 31.4 Å². The van der Waals surface area contributed by atoms with Gasteiger partial charge in [-0.2, -0.15) is 0 Å². The van der Waals surface area contributed by atoms with Gasteiger partial charge in [0.2, 0.25) is 5.91 Å². The summed E-state index contributed by atoms with van der Waals surface area (Å²) in [6.45, 7) is 5.32. The number of carboxylic acid groups (broad SMARTS) is 1. The standard InChI is InChI=1S/C15H21NO3/c1-10-4-6-13(7-5-10)8-9-14(17)16-12(3)11(2)15(18)19/h4-7,11-12H,8-9H2,1-3H3,(H,16,17)(H,18,19). The molecule has 0 radical (unpaired) electrons. The lowest BCUT2D eigenvalue weighted by Gasteiger charge is -2.17. The van der Waals surface area contributed by atoms with E-state index in [1.807, 2.05) is 31.2 Å². The molecule has 0 saturated carbocycles. The van der Waals surface area contributed by atoms with Gasteiger partial charge in [0.05, 0.1) is 5.92 Å². The fourth-order valence-electron chi connectivity index (χ4n) is 1.68. The average Bonchev–Trinajstić information content (AvgIpc) is 2.37. The zero-order valence-corrected chi connectivity index (χ0v) is 11.6. The number of nitrogens with one attached hydrogen (secondary N) is 1. The Morgan fingerprint density at radius 1 is 1.21 bits per heavy atom. The predicted molar refractivity (Wildman–Crippen MR) is 73.9 cm³/mol. The number of carbonyl (C=O) groups is 2. The third-order valence-electron chi connectivity index (χ3n) is 3.29. The molecule has 104 valence electrons. The first-order valence-corrected chi connectivity index (χ1v) is 6.48. The molecule has 0 aromatic heterocycles. The first-order chi connectivity index (χ1) is 8.90. The molecule has 1 aromatic rings. The van der Waals surface area contributed by atoms with Gasteiger partial charge in [-0.3, -0.25) is 9.59 Å². The van der Waals surface area contributed by atoms with Crippen LogP contribution < -0.4 is 5.32 Å². The van der Waals surface area contributed by atoms with Crippen molar-refractivity contribution in [2.75, 3.05) is 0 Å². The molecule has 1 amide bonds. The highest BCUT2D eigenvalue weighted by Crippen LogP contribution is 2.07. The topological polar surface area (TPSA) is 66.4 Å². The number of benzene rings is 1. The maximum absolute atomic E-state index is 11.7. The first kappa shape index (κ1) is 15.2. The van der Waals surface area contributed by atoms with Crippen LogP contribution in [0.25, 0.3) is 0 Å². The number of carboxylic acids is 1. The van der Waals surface area contributed by atoms with E-state index < -0.39 is 11.9 Å². The van der Waals surface area contributed by atoms with E-state index in [0.29, 0.717) is 12.8 Å². The van der Waals surface area contributed by atoms with Crippen LogP contribution in [-0.2, 0) is 16.0 Å². The summed E-state index contributed by atoms with van der Waals surface area (Å²) in [4.78, 5) is 22.5. The molecule has 0 saturated heterocycles. The highest BCUT2D eigenvalue weighted by molar-refractivity contribution is 5.78. The van der Waals surface area contributed by atoms with E-state index >= 15 is 0 Å². The maximum Gasteiger partial charge on any atom is 0.308 e. The van der Waals surface area contributed by atoms with Gasteiger partial charge in [0, 0.05) is 12.5 Å². The van der Waals surface area contributed by atoms with Crippen molar-refractivity contribution in [2.24, 2.45) is 5.92 Å². The van der Waals surface area contributed by atoms with Crippen molar-refractivity contribution in [1.82, 2.24) is 5.32 Å². The van der Waals surface area contributed by atoms with Gasteiger partial charge in [0.1, 0.15) is 0 Å². The van der Waals surface area contributed by atoms with E-state index in [4.69, 9.17) is 5.11 Å². The molecule has 2 unspecified atom stereocenters. The van der Waals surface area contributed by atoms with Gasteiger partial charge in [-0.1, -0.05) is 29.8 Å². The summed E-state index contributed by atoms with van der Waals surface area (Å²) in [7, 11) is 0. The van der Waals surface area contributed by atoms with Crippen LogP contribution in [0.2, 0.25) is 0 Å². The smallest absolute Gasteiger partial charge is 0.308 e. The zero-order chi connectivity index (χ0) is 14.4. The van der Waals surface area contributed by atoms with Gasteiger partial charge < -0.3 is 10.4 Å². The SMILES string of the molecule is Cc1ccc(CCC(=O)NC(C)C(C)C(=O)O)cc1. The number of amides is 1. The van der Waals surface area contributed by atoms with Crippen LogP contribution >= 0.6 is 0 Å². The molecule has 2 atom stereocenters. The minimum atomic E-state index is -0.897. The van der Waals surface area contributed by atoms with Gasteiger partial charge in [-0.25, -0.2) is 0 Å². The molecule has 0 aliphatic heterocycles. The lowest BCUT2D eigenvalue weighted by Crippen LogP contribution is -2.40. The van der Waals surface area contributed by atoms with Crippen molar-refractivity contribution in [3.63, 3.8) is 0 Å². The van der Waals surface area contributed by atoms with Gasteiger partial charge in [-0.15, -0.1) is 0 Å². The second-order valence-electron chi connectivity index (χ2n) is 4.97. The summed E-state index contributed by atoms with van der Waals surface area (Å²) in [6.07, 6.45) is 1.04. The van der Waals surface area contributed by atoms with E-state index in [0.717, 1.165) is 5.56 Å². The molecule has 0 bridgehead atoms. The molecule has 0 aliphatic rings. The first-order valence-electron chi connectivity index (χ1n) is 6.48. The Morgan fingerprint density at radius 2 is 1.79 bits per heavy atom. The number of hydrogen-bond donors (Lipinski definition) is 2. The Bertz CT molecular complexity index is 439. The molecule has 0 spiro atoms. The van der Waals surface area contributed by atoms with Crippen LogP contribution in [0.4, 0.5) is 0 Å². The van der Waals surface area contributed by atoms with Crippen LogP contribution in [0.15, 0.2) is 24.3 Å². The predicted octanol–water partition coefficient (Wildman–Crippen LogP) is 2.15. The number of rotatable bonds is 6. The van der Waals surface area contributed by atoms with Crippen molar-refractivity contribution in [1.29, 1.82) is 0 Å². The van der Waals surface area contributed by atoms with Crippen molar-refractivity contribution in [3.8, 4) is 0 Å². The van der Waals surface area contributed by atoms with Gasteiger partial charge in [-0.05, 0) is 32.8 Å². The molecule has 0 aliphatic carbocycles. The van der Waals surface area contributed by atoms with E-state index in [-0.39, 0.29) is 11.9 Å². The summed E-state index contributed by atoms with van der Waals surface area (Å²) in [5.41, 5.74) is 2.30. The maximum atomic E-state index is 11.7. The Labute approximate surface area is 113 Å². The summed E-state index contributed by atoms with van der Waals surface area (Å²) >= 11 is 0. The monoisotopic (exact) mass is 263 g/mol. The summed E-state index contributed by atoms with van der Waals surface area (Å²) in [6, 6.07) is 7.69. The van der Waals surface area contributed by atoms with Gasteiger partial charge in [0.25, 0.3) is 0 Å². The Kier molecular flexibility index (Phi) is 5.55. The molecule has 1 rings (SSSR count). The van der Waals surface area contributed by atoms with Crippen molar-refractivity contribution < 1.29 is 14.7 Å². The van der Waals surface area contributed by atoms with Crippen LogP contribution in [-0.4, -0.2) is 23.0 Å². The Morgan fingerprint density at radius 3 is 2.32 bits per heavy atom. The van der Waals surface area contributed by atoms with E-state index in [1.54, 1.807) is 13.8 Å². The molecule has 19 heavy (non-hydrogen) atoms. The highest BCUT2D eigenvalue weighted by Gasteiger charge is 2.20. The van der Waals surface area contributed by atoms with E-state index in [9.17, 15) is 9.59 Å². The minimum absolute atomic E-state index is 0.110. The molecular weight excluding hydrogens is 242 g/mol. The molecule has 0 fully saturated rings. The highest BCUT2D eigenvalue weighted by atomic mass is 16.4. The zero-order valence-electron chi connectivity index (χ0n) is 11.6. The fourth-order valence-corrected chi connectivity index (χ4v) is 1.68. The Balaban J connectivity index is 2.39. The third kappa shape index (κ3) is 5.12. The number of hydrogen-bond acceptors (Lipinski definition) is 2. The molecule has 2 N–H and O–H groups in total. The molecular formula is C15H21NO3. The van der Waals surface area contributed by atoms with Crippen LogP contribution in [0, 0.1) is 12.8 Å². The van der Waals surface area contributed by atoms with Crippen molar-refractivity contribution in [3.05, 3.63) is 35.4 Å². The Hall–Kier alpha value is -1.84. The quantitative estimate of drug-likeness (QED) is 0.826. The lowest BCUT2D eigenvalue weighted by atomic mass is 10.0. The number of carbonyl (C=O) groups excluding carboxylic acids is 1. The summed E-state index contributed by atoms with van der Waals surface area (Å²) < 4.78 is 0. The van der Waals surface area contributed by atoms with Crippen LogP contribution in [0.5, 0.6) is 0 Å². The number of aliphatic carboxylic acids is 1. The second kappa shape index (κ2) is 6.92. The van der Waals surface area contributed by atoms with Crippen LogP contribution in [0.3, 0.4) is 0 Å². The largest absolute Gasteiger partial charge is 0.481 e. The number of aryl methyl sites for hydroxylation is 2. The van der Waals surface area contributed by atoms with E-state index in [1.165, 1.54) is 5.56 Å². The average molecular weight is 263 g/mol. The normalized spacial score (nSPS) is 13.6. The lowest BCUT2D eigenvalue weighted by molar-refractivity contribution is -0.142. The minimum Gasteiger partial charge on any atom is -0.481 e. The summed E-state index contributed by atoms with van der Waals surface area (Å²) in [5, 5.41) is 11.6. The summed E-state index contributed by atoms with van der Waals surface area (Å²) in [5.74, 6) is -1.59. The molecule has 0 heterocycles. The van der Waals surface area contributed by atoms with Crippen molar-refractivity contribution >= 4 is 11.9 Å². The second-order valence-corrected chi connectivity index (χ2v) is 4.97. The fraction of sp³-hybridized carbons (Fsp3) is 0.467. The third-order valence-corrected chi connectivity index (χ3v) is 3.29. The molecule has 1 aromatic carbocycles. The van der Waals surface area contributed by atoms with Crippen molar-refractivity contribution in [2.45, 2.75) is 39.7 Å². The van der Waals surface area contributed by atoms with E-state index in [2.05, 4.69) is 5.32 Å². The molecule has 4 nitrogen and oxygen atoms in total. The van der Waals surface area contributed by atoms with Gasteiger partial charge in [0.15, 0.2) is 0 Å². The molecule has 4 heteroatoms.